The topological polar surface area (TPSA) is 108 Å². The van der Waals surface area contributed by atoms with Gasteiger partial charge in [-0.15, -0.1) is 0 Å². The lowest BCUT2D eigenvalue weighted by Gasteiger charge is -2.13. The molecule has 1 heterocycles. The predicted molar refractivity (Wildman–Crippen MR) is 53.3 cm³/mol. The molecule has 0 aromatic heterocycles. The maximum Gasteiger partial charge on any atom is 0.323 e. The Morgan fingerprint density at radius 2 is 2.18 bits per heavy atom. The molecule has 4 N–H and O–H groups in total. The minimum Gasteiger partial charge on any atom is -0.394 e. The molecule has 1 fully saturated rings. The molecule has 3 atom stereocenters. The van der Waals surface area contributed by atoms with E-state index < -0.39 is 36.2 Å². The van der Waals surface area contributed by atoms with Crippen LogP contribution in [0, 0.1) is 0 Å². The van der Waals surface area contributed by atoms with Gasteiger partial charge < -0.3 is 20.3 Å². The fourth-order valence-electron chi connectivity index (χ4n) is 1.34. The van der Waals surface area contributed by atoms with Crippen LogP contribution in [0.2, 0.25) is 0 Å². The van der Waals surface area contributed by atoms with Gasteiger partial charge >= 0.3 is 6.03 Å². The summed E-state index contributed by atoms with van der Waals surface area (Å²) < 4.78 is 17.3. The second-order valence-electron chi connectivity index (χ2n) is 3.48. The maximum absolute atomic E-state index is 12.3. The Hall–Kier alpha value is -1.51. The smallest absolute Gasteiger partial charge is 0.323 e. The Bertz CT molecular complexity index is 335. The number of halogens is 1. The fourth-order valence-corrected chi connectivity index (χ4v) is 1.34. The van der Waals surface area contributed by atoms with Crippen LogP contribution in [0.4, 0.5) is 9.18 Å². The van der Waals surface area contributed by atoms with Crippen molar-refractivity contribution < 1.29 is 28.9 Å². The third-order valence-corrected chi connectivity index (χ3v) is 2.17. The molecule has 1 aliphatic heterocycles. The van der Waals surface area contributed by atoms with Gasteiger partial charge in [-0.1, -0.05) is 6.58 Å². The summed E-state index contributed by atoms with van der Waals surface area (Å²) in [6.45, 7) is 2.33. The number of aliphatic hydroxyl groups excluding tert-OH is 2. The SMILES string of the molecule is C=C(F)C(=O)NC(=O)NC1CC(O)C(CO)O1. The zero-order valence-electron chi connectivity index (χ0n) is 8.85. The number of urea groups is 1. The Kier molecular flexibility index (Phi) is 4.55. The van der Waals surface area contributed by atoms with E-state index in [4.69, 9.17) is 9.84 Å². The third-order valence-electron chi connectivity index (χ3n) is 2.17. The van der Waals surface area contributed by atoms with Crippen molar-refractivity contribution >= 4 is 11.9 Å². The summed E-state index contributed by atoms with van der Waals surface area (Å²) in [6.07, 6.45) is -2.46. The van der Waals surface area contributed by atoms with Gasteiger partial charge in [0.1, 0.15) is 12.3 Å². The number of carbonyl (C=O) groups is 2. The van der Waals surface area contributed by atoms with Crippen molar-refractivity contribution in [1.82, 2.24) is 10.6 Å². The molecule has 1 saturated heterocycles. The standard InChI is InChI=1S/C9H13FN2O5/c1-4(10)8(15)12-9(16)11-7-2-5(14)6(3-13)17-7/h5-7,13-14H,1-3H2,(H2,11,12,15,16). The summed E-state index contributed by atoms with van der Waals surface area (Å²) in [7, 11) is 0. The third kappa shape index (κ3) is 3.77. The summed E-state index contributed by atoms with van der Waals surface area (Å²) >= 11 is 0. The lowest BCUT2D eigenvalue weighted by molar-refractivity contribution is -0.117. The van der Waals surface area contributed by atoms with E-state index in [0.29, 0.717) is 0 Å². The number of hydrogen-bond acceptors (Lipinski definition) is 5. The summed E-state index contributed by atoms with van der Waals surface area (Å²) in [5.41, 5.74) is 0. The van der Waals surface area contributed by atoms with Crippen molar-refractivity contribution in [2.24, 2.45) is 0 Å². The normalized spacial score (nSPS) is 27.6. The minimum atomic E-state index is -1.29. The van der Waals surface area contributed by atoms with Gasteiger partial charge in [0.25, 0.3) is 5.91 Å². The average molecular weight is 248 g/mol. The molecule has 1 rings (SSSR count). The van der Waals surface area contributed by atoms with Gasteiger partial charge in [0, 0.05) is 6.42 Å². The number of carbonyl (C=O) groups excluding carboxylic acids is 2. The maximum atomic E-state index is 12.3. The quantitative estimate of drug-likeness (QED) is 0.467. The molecule has 0 bridgehead atoms. The Morgan fingerprint density at radius 1 is 1.53 bits per heavy atom. The fraction of sp³-hybridized carbons (Fsp3) is 0.556. The van der Waals surface area contributed by atoms with Crippen molar-refractivity contribution in [1.29, 1.82) is 0 Å². The molecule has 8 heteroatoms. The minimum absolute atomic E-state index is 0.0728. The van der Waals surface area contributed by atoms with Crippen molar-refractivity contribution in [3.63, 3.8) is 0 Å². The number of aliphatic hydroxyl groups is 2. The van der Waals surface area contributed by atoms with E-state index in [1.807, 2.05) is 0 Å². The van der Waals surface area contributed by atoms with E-state index in [-0.39, 0.29) is 13.0 Å². The molecule has 0 aliphatic carbocycles. The highest BCUT2D eigenvalue weighted by atomic mass is 19.1. The lowest BCUT2D eigenvalue weighted by Crippen LogP contribution is -2.44. The first kappa shape index (κ1) is 13.6. The van der Waals surface area contributed by atoms with Gasteiger partial charge in [0.15, 0.2) is 5.83 Å². The summed E-state index contributed by atoms with van der Waals surface area (Å²) in [6, 6.07) is -0.968. The zero-order valence-corrected chi connectivity index (χ0v) is 8.85. The van der Waals surface area contributed by atoms with Crippen LogP contribution in [0.1, 0.15) is 6.42 Å². The van der Waals surface area contributed by atoms with Crippen LogP contribution in [0.3, 0.4) is 0 Å². The molecule has 0 saturated carbocycles. The summed E-state index contributed by atoms with van der Waals surface area (Å²) in [5.74, 6) is -2.54. The van der Waals surface area contributed by atoms with Gasteiger partial charge in [0.05, 0.1) is 12.7 Å². The number of rotatable bonds is 3. The Labute approximate surface area is 96.3 Å². The molecule has 1 aliphatic rings. The average Bonchev–Trinajstić information content (AvgIpc) is 2.58. The number of hydrogen-bond donors (Lipinski definition) is 4. The first-order valence-electron chi connectivity index (χ1n) is 4.84. The molecular formula is C9H13FN2O5. The van der Waals surface area contributed by atoms with Crippen LogP contribution < -0.4 is 10.6 Å². The first-order valence-corrected chi connectivity index (χ1v) is 4.84. The summed E-state index contributed by atoms with van der Waals surface area (Å²) in [4.78, 5) is 21.9. The number of ether oxygens (including phenoxy) is 1. The van der Waals surface area contributed by atoms with Gasteiger partial charge in [0.2, 0.25) is 0 Å². The molecule has 96 valence electrons. The molecule has 17 heavy (non-hydrogen) atoms. The summed E-state index contributed by atoms with van der Waals surface area (Å²) in [5, 5.41) is 22.0. The molecule has 3 unspecified atom stereocenters. The van der Waals surface area contributed by atoms with E-state index in [1.165, 1.54) is 0 Å². The van der Waals surface area contributed by atoms with E-state index in [9.17, 15) is 19.1 Å². The van der Waals surface area contributed by atoms with E-state index in [0.717, 1.165) is 0 Å². The molecule has 3 amide bonds. The Morgan fingerprint density at radius 3 is 2.65 bits per heavy atom. The van der Waals surface area contributed by atoms with E-state index in [2.05, 4.69) is 11.9 Å². The van der Waals surface area contributed by atoms with Crippen molar-refractivity contribution in [3.8, 4) is 0 Å². The molecule has 0 aromatic carbocycles. The molecule has 0 radical (unpaired) electrons. The number of imide groups is 1. The first-order chi connectivity index (χ1) is 7.93. The molecule has 7 nitrogen and oxygen atoms in total. The number of nitrogens with one attached hydrogen (secondary N) is 2. The van der Waals surface area contributed by atoms with Crippen LogP contribution in [0.25, 0.3) is 0 Å². The molecular weight excluding hydrogens is 235 g/mol. The van der Waals surface area contributed by atoms with Crippen molar-refractivity contribution in [2.75, 3.05) is 6.61 Å². The van der Waals surface area contributed by atoms with E-state index >= 15 is 0 Å². The molecule has 0 aromatic rings. The van der Waals surface area contributed by atoms with Crippen LogP contribution in [0.15, 0.2) is 12.4 Å². The zero-order chi connectivity index (χ0) is 13.0. The van der Waals surface area contributed by atoms with E-state index in [1.54, 1.807) is 5.32 Å². The van der Waals surface area contributed by atoms with Gasteiger partial charge in [-0.2, -0.15) is 0 Å². The highest BCUT2D eigenvalue weighted by Gasteiger charge is 2.34. The monoisotopic (exact) mass is 248 g/mol. The second-order valence-corrected chi connectivity index (χ2v) is 3.48. The van der Waals surface area contributed by atoms with Gasteiger partial charge in [-0.05, 0) is 0 Å². The molecule has 0 spiro atoms. The highest BCUT2D eigenvalue weighted by Crippen LogP contribution is 2.17. The van der Waals surface area contributed by atoms with Crippen LogP contribution in [0.5, 0.6) is 0 Å². The number of amides is 3. The second kappa shape index (κ2) is 5.71. The van der Waals surface area contributed by atoms with Crippen LogP contribution in [-0.4, -0.2) is 47.2 Å². The van der Waals surface area contributed by atoms with Crippen molar-refractivity contribution in [3.05, 3.63) is 12.4 Å². The van der Waals surface area contributed by atoms with Crippen LogP contribution >= 0.6 is 0 Å². The highest BCUT2D eigenvalue weighted by molar-refractivity contribution is 6.02. The van der Waals surface area contributed by atoms with Crippen LogP contribution in [-0.2, 0) is 9.53 Å². The lowest BCUT2D eigenvalue weighted by atomic mass is 10.2. The Balaban J connectivity index is 2.38. The largest absolute Gasteiger partial charge is 0.394 e. The van der Waals surface area contributed by atoms with Gasteiger partial charge in [-0.25, -0.2) is 9.18 Å². The van der Waals surface area contributed by atoms with Crippen molar-refractivity contribution in [2.45, 2.75) is 24.9 Å². The van der Waals surface area contributed by atoms with Gasteiger partial charge in [-0.3, -0.25) is 10.1 Å². The predicted octanol–water partition coefficient (Wildman–Crippen LogP) is -1.24.